The number of aromatic nitrogens is 5. The molecule has 32 heavy (non-hydrogen) atoms. The van der Waals surface area contributed by atoms with E-state index in [4.69, 9.17) is 4.74 Å². The van der Waals surface area contributed by atoms with Crippen molar-refractivity contribution in [2.45, 2.75) is 19.8 Å². The number of carbonyl (C=O) groups is 2. The molecular weight excluding hydrogens is 430 g/mol. The molecule has 4 aromatic rings. The van der Waals surface area contributed by atoms with Gasteiger partial charge in [0.25, 0.3) is 0 Å². The number of benzene rings is 1. The van der Waals surface area contributed by atoms with Crippen LogP contribution in [-0.2, 0) is 11.8 Å². The van der Waals surface area contributed by atoms with E-state index in [1.54, 1.807) is 51.5 Å². The number of hydrogen-bond acceptors (Lipinski definition) is 7. The summed E-state index contributed by atoms with van der Waals surface area (Å²) in [7, 11) is 1.78. The van der Waals surface area contributed by atoms with E-state index >= 15 is 0 Å². The predicted molar refractivity (Wildman–Crippen MR) is 117 cm³/mol. The first kappa shape index (κ1) is 20.1. The maximum absolute atomic E-state index is 12.5. The Hall–Kier alpha value is -3.86. The van der Waals surface area contributed by atoms with Gasteiger partial charge in [0.1, 0.15) is 5.75 Å². The molecule has 1 fully saturated rings. The fourth-order valence-electron chi connectivity index (χ4n) is 3.13. The molecule has 0 bridgehead atoms. The minimum atomic E-state index is -0.298. The largest absolute Gasteiger partial charge is 0.438 e. The van der Waals surface area contributed by atoms with Crippen LogP contribution in [-0.4, -0.2) is 31.4 Å². The van der Waals surface area contributed by atoms with Gasteiger partial charge in [0.05, 0.1) is 24.8 Å². The van der Waals surface area contributed by atoms with E-state index in [1.807, 2.05) is 13.0 Å². The van der Waals surface area contributed by atoms with E-state index in [0.717, 1.165) is 18.4 Å². The van der Waals surface area contributed by atoms with Crippen molar-refractivity contribution in [3.05, 3.63) is 53.4 Å². The quantitative estimate of drug-likeness (QED) is 0.437. The van der Waals surface area contributed by atoms with Gasteiger partial charge >= 0.3 is 11.7 Å². The summed E-state index contributed by atoms with van der Waals surface area (Å²) < 4.78 is 9.14. The molecule has 1 aliphatic carbocycles. The van der Waals surface area contributed by atoms with Crippen molar-refractivity contribution in [3.8, 4) is 11.6 Å². The van der Waals surface area contributed by atoms with E-state index in [0.29, 0.717) is 34.6 Å². The fraction of sp³-hybridized carbons (Fsp3) is 0.238. The molecule has 2 N–H and O–H groups in total. The molecule has 0 aliphatic heterocycles. The first-order chi connectivity index (χ1) is 15.5. The zero-order valence-electron chi connectivity index (χ0n) is 17.4. The van der Waals surface area contributed by atoms with Gasteiger partial charge in [-0.1, -0.05) is 6.07 Å². The fourth-order valence-corrected chi connectivity index (χ4v) is 3.65. The van der Waals surface area contributed by atoms with Gasteiger partial charge in [0.15, 0.2) is 11.5 Å². The highest BCUT2D eigenvalue weighted by molar-refractivity contribution is 6.99. The SMILES string of the molecule is Cc1ccc(Oc2ccc3nc(NC(=O)C4CC4)cn3n2)cc1NC(=O)c1ncs[n+]1C. The lowest BCUT2D eigenvalue weighted by Gasteiger charge is -2.10. The predicted octanol–water partition coefficient (Wildman–Crippen LogP) is 2.71. The van der Waals surface area contributed by atoms with Crippen LogP contribution in [0.5, 0.6) is 11.6 Å². The third kappa shape index (κ3) is 4.14. The number of nitrogens with zero attached hydrogens (tertiary/aromatic N) is 5. The Morgan fingerprint density at radius 2 is 2.06 bits per heavy atom. The third-order valence-electron chi connectivity index (χ3n) is 5.06. The second-order valence-corrected chi connectivity index (χ2v) is 8.53. The van der Waals surface area contributed by atoms with Crippen LogP contribution in [0, 0.1) is 12.8 Å². The highest BCUT2D eigenvalue weighted by Gasteiger charge is 2.30. The van der Waals surface area contributed by atoms with Crippen LogP contribution >= 0.6 is 11.5 Å². The van der Waals surface area contributed by atoms with Gasteiger partial charge in [-0.3, -0.25) is 9.59 Å². The Balaban J connectivity index is 1.33. The summed E-state index contributed by atoms with van der Waals surface area (Å²) in [4.78, 5) is 32.9. The normalized spacial score (nSPS) is 13.2. The molecule has 0 radical (unpaired) electrons. The van der Waals surface area contributed by atoms with Crippen LogP contribution in [0.15, 0.2) is 42.0 Å². The molecule has 5 rings (SSSR count). The van der Waals surface area contributed by atoms with Gasteiger partial charge in [0, 0.05) is 23.7 Å². The Morgan fingerprint density at radius 3 is 2.81 bits per heavy atom. The average molecular weight is 451 g/mol. The lowest BCUT2D eigenvalue weighted by molar-refractivity contribution is -0.605. The Morgan fingerprint density at radius 1 is 1.22 bits per heavy atom. The molecule has 0 atom stereocenters. The summed E-state index contributed by atoms with van der Waals surface area (Å²) in [5.41, 5.74) is 3.71. The summed E-state index contributed by atoms with van der Waals surface area (Å²) in [5, 5.41) is 10.1. The standard InChI is InChI=1S/C21H19N7O3S/c1-12-3-6-14(9-15(12)23-21(30)19-22-11-32-27(19)2)31-18-8-7-17-24-16(10-28(17)26-18)25-20(29)13-4-5-13/h3,6-11,13H,4-5H2,1-2H3,(H-,23,25,29,30)/p+1. The molecule has 1 aromatic carbocycles. The number of rotatable bonds is 6. The molecule has 0 spiro atoms. The number of ether oxygens (including phenoxy) is 1. The van der Waals surface area contributed by atoms with Crippen molar-refractivity contribution in [1.29, 1.82) is 0 Å². The van der Waals surface area contributed by atoms with Crippen molar-refractivity contribution < 1.29 is 18.3 Å². The minimum absolute atomic E-state index is 0.00893. The smallest absolute Gasteiger partial charge is 0.401 e. The van der Waals surface area contributed by atoms with Crippen LogP contribution in [0.2, 0.25) is 0 Å². The first-order valence-corrected chi connectivity index (χ1v) is 10.9. The van der Waals surface area contributed by atoms with Crippen LogP contribution < -0.4 is 19.3 Å². The number of anilines is 2. The molecule has 3 heterocycles. The van der Waals surface area contributed by atoms with Gasteiger partial charge in [0.2, 0.25) is 17.3 Å². The number of hydrogen-bond donors (Lipinski definition) is 2. The number of amides is 2. The van der Waals surface area contributed by atoms with E-state index in [2.05, 4.69) is 25.7 Å². The molecular formula is C21H20N7O3S+. The Kier molecular flexibility index (Phi) is 5.02. The topological polar surface area (TPSA) is 114 Å². The second-order valence-electron chi connectivity index (χ2n) is 7.56. The molecule has 10 nitrogen and oxygen atoms in total. The maximum atomic E-state index is 12.5. The van der Waals surface area contributed by atoms with E-state index in [9.17, 15) is 9.59 Å². The monoisotopic (exact) mass is 450 g/mol. The summed E-state index contributed by atoms with van der Waals surface area (Å²) in [6, 6.07) is 8.85. The lowest BCUT2D eigenvalue weighted by Crippen LogP contribution is -2.34. The highest BCUT2D eigenvalue weighted by atomic mass is 32.1. The van der Waals surface area contributed by atoms with E-state index < -0.39 is 0 Å². The van der Waals surface area contributed by atoms with Crippen molar-refractivity contribution in [3.63, 3.8) is 0 Å². The van der Waals surface area contributed by atoms with Gasteiger partial charge in [-0.25, -0.2) is 9.50 Å². The summed E-state index contributed by atoms with van der Waals surface area (Å²) in [5.74, 6) is 1.45. The maximum Gasteiger partial charge on any atom is 0.401 e. The van der Waals surface area contributed by atoms with Gasteiger partial charge in [-0.2, -0.15) is 3.96 Å². The number of nitrogens with one attached hydrogen (secondary N) is 2. The van der Waals surface area contributed by atoms with Gasteiger partial charge < -0.3 is 15.4 Å². The average Bonchev–Trinajstić information content (AvgIpc) is 3.41. The van der Waals surface area contributed by atoms with Crippen LogP contribution in [0.25, 0.3) is 5.65 Å². The third-order valence-corrected chi connectivity index (χ3v) is 5.75. The zero-order valence-corrected chi connectivity index (χ0v) is 18.2. The van der Waals surface area contributed by atoms with Crippen molar-refractivity contribution in [2.24, 2.45) is 13.0 Å². The molecule has 162 valence electrons. The first-order valence-electron chi connectivity index (χ1n) is 10.0. The van der Waals surface area contributed by atoms with Crippen molar-refractivity contribution in [1.82, 2.24) is 19.6 Å². The van der Waals surface area contributed by atoms with E-state index in [1.165, 1.54) is 11.5 Å². The molecule has 1 aliphatic rings. The van der Waals surface area contributed by atoms with Crippen LogP contribution in [0.4, 0.5) is 11.5 Å². The Bertz CT molecular complexity index is 1340. The van der Waals surface area contributed by atoms with Gasteiger partial charge in [-0.05, 0) is 42.4 Å². The second kappa shape index (κ2) is 8.00. The van der Waals surface area contributed by atoms with Crippen molar-refractivity contribution >= 4 is 40.5 Å². The number of aryl methyl sites for hydroxylation is 2. The van der Waals surface area contributed by atoms with Crippen molar-refractivity contribution in [2.75, 3.05) is 10.6 Å². The van der Waals surface area contributed by atoms with Crippen LogP contribution in [0.1, 0.15) is 29.0 Å². The summed E-state index contributed by atoms with van der Waals surface area (Å²) in [6.45, 7) is 1.90. The molecule has 0 saturated heterocycles. The lowest BCUT2D eigenvalue weighted by atomic mass is 10.2. The van der Waals surface area contributed by atoms with E-state index in [-0.39, 0.29) is 17.7 Å². The molecule has 11 heteroatoms. The van der Waals surface area contributed by atoms with Crippen LogP contribution in [0.3, 0.4) is 0 Å². The number of imidazole rings is 1. The highest BCUT2D eigenvalue weighted by Crippen LogP contribution is 2.30. The number of carbonyl (C=O) groups excluding carboxylic acids is 2. The number of fused-ring (bicyclic) bond motifs is 1. The molecule has 0 unspecified atom stereocenters. The summed E-state index contributed by atoms with van der Waals surface area (Å²) in [6.07, 6.45) is 3.50. The zero-order chi connectivity index (χ0) is 22.2. The minimum Gasteiger partial charge on any atom is -0.438 e. The molecule has 2 amide bonds. The Labute approximate surface area is 187 Å². The molecule has 1 saturated carbocycles. The molecule has 3 aromatic heterocycles. The van der Waals surface area contributed by atoms with Gasteiger partial charge in [-0.15, -0.1) is 5.10 Å². The summed E-state index contributed by atoms with van der Waals surface area (Å²) >= 11 is 1.34.